The number of ether oxygens (including phenoxy) is 2. The molecule has 5 nitrogen and oxygen atoms in total. The zero-order valence-corrected chi connectivity index (χ0v) is 24.3. The van der Waals surface area contributed by atoms with Crippen molar-refractivity contribution < 1.29 is 13.9 Å². The highest BCUT2D eigenvalue weighted by atomic mass is 32.1. The SMILES string of the molecule is CCOc1ccc(-c2nc(CN(CCc3ccc(F)cc3)Cc3csc(-c4ccc(OCC)cc4)n3)cs2)cc1. The summed E-state index contributed by atoms with van der Waals surface area (Å²) in [6.45, 7) is 7.46. The molecule has 0 amide bonds. The van der Waals surface area contributed by atoms with Crippen molar-refractivity contribution in [3.63, 3.8) is 0 Å². The number of hydrogen-bond donors (Lipinski definition) is 0. The van der Waals surface area contributed by atoms with Gasteiger partial charge in [-0.1, -0.05) is 12.1 Å². The Morgan fingerprint density at radius 2 is 1.15 bits per heavy atom. The Bertz CT molecular complexity index is 1390. The standard InChI is InChI=1S/C32H32FN3O2S2/c1-3-37-29-13-7-24(8-14-29)31-34-27(21-39-31)19-36(18-17-23-5-11-26(33)12-6-23)20-28-22-40-32(35-28)25-9-15-30(16-10-25)38-4-2/h5-16,21-22H,3-4,17-20H2,1-2H3. The van der Waals surface area contributed by atoms with Crippen LogP contribution in [0.5, 0.6) is 11.5 Å². The van der Waals surface area contributed by atoms with Crippen LogP contribution in [0.15, 0.2) is 83.6 Å². The minimum absolute atomic E-state index is 0.214. The van der Waals surface area contributed by atoms with E-state index in [1.165, 1.54) is 12.1 Å². The van der Waals surface area contributed by atoms with E-state index in [0.29, 0.717) is 26.3 Å². The van der Waals surface area contributed by atoms with Crippen LogP contribution in [0, 0.1) is 5.82 Å². The van der Waals surface area contributed by atoms with Gasteiger partial charge in [-0.2, -0.15) is 0 Å². The van der Waals surface area contributed by atoms with Gasteiger partial charge in [0.25, 0.3) is 0 Å². The molecular formula is C32H32FN3O2S2. The first kappa shape index (κ1) is 28.0. The van der Waals surface area contributed by atoms with Crippen molar-refractivity contribution in [2.24, 2.45) is 0 Å². The third kappa shape index (κ3) is 7.53. The highest BCUT2D eigenvalue weighted by Crippen LogP contribution is 2.28. The number of nitrogens with zero attached hydrogens (tertiary/aromatic N) is 3. The maximum Gasteiger partial charge on any atom is 0.123 e. The average molecular weight is 574 g/mol. The van der Waals surface area contributed by atoms with Crippen LogP contribution in [0.25, 0.3) is 21.1 Å². The first-order valence-electron chi connectivity index (χ1n) is 13.4. The van der Waals surface area contributed by atoms with E-state index in [0.717, 1.165) is 62.6 Å². The molecule has 2 aromatic heterocycles. The molecule has 2 heterocycles. The van der Waals surface area contributed by atoms with Crippen LogP contribution in [0.1, 0.15) is 30.8 Å². The molecule has 0 unspecified atom stereocenters. The molecule has 0 fully saturated rings. The lowest BCUT2D eigenvalue weighted by molar-refractivity contribution is 0.255. The molecule has 5 rings (SSSR count). The average Bonchev–Trinajstić information content (AvgIpc) is 3.64. The van der Waals surface area contributed by atoms with Crippen LogP contribution in [0.2, 0.25) is 0 Å². The fourth-order valence-corrected chi connectivity index (χ4v) is 5.99. The Balaban J connectivity index is 1.30. The van der Waals surface area contributed by atoms with Gasteiger partial charge in [0.1, 0.15) is 27.3 Å². The number of benzene rings is 3. The van der Waals surface area contributed by atoms with Crippen LogP contribution < -0.4 is 9.47 Å². The van der Waals surface area contributed by atoms with E-state index < -0.39 is 0 Å². The number of halogens is 1. The van der Waals surface area contributed by atoms with E-state index in [4.69, 9.17) is 19.4 Å². The van der Waals surface area contributed by atoms with Gasteiger partial charge in [0.15, 0.2) is 0 Å². The van der Waals surface area contributed by atoms with Crippen molar-refractivity contribution in [3.05, 3.63) is 106 Å². The summed E-state index contributed by atoms with van der Waals surface area (Å²) in [7, 11) is 0. The lowest BCUT2D eigenvalue weighted by Gasteiger charge is -2.20. The minimum Gasteiger partial charge on any atom is -0.494 e. The summed E-state index contributed by atoms with van der Waals surface area (Å²) in [6.07, 6.45) is 0.812. The van der Waals surface area contributed by atoms with Gasteiger partial charge in [-0.25, -0.2) is 14.4 Å². The molecule has 0 aliphatic heterocycles. The second-order valence-corrected chi connectivity index (χ2v) is 11.0. The lowest BCUT2D eigenvalue weighted by atomic mass is 10.1. The van der Waals surface area contributed by atoms with Crippen LogP contribution in [0.4, 0.5) is 4.39 Å². The molecule has 0 saturated carbocycles. The number of aromatic nitrogens is 2. The van der Waals surface area contributed by atoms with E-state index in [2.05, 4.69) is 39.9 Å². The molecule has 0 N–H and O–H groups in total. The third-order valence-electron chi connectivity index (χ3n) is 6.33. The molecule has 3 aromatic carbocycles. The van der Waals surface area contributed by atoms with E-state index in [9.17, 15) is 4.39 Å². The van der Waals surface area contributed by atoms with E-state index in [1.54, 1.807) is 22.7 Å². The minimum atomic E-state index is -0.214. The maximum absolute atomic E-state index is 13.4. The zero-order chi connectivity index (χ0) is 27.7. The summed E-state index contributed by atoms with van der Waals surface area (Å²) in [5.41, 5.74) is 5.31. The predicted octanol–water partition coefficient (Wildman–Crippen LogP) is 8.12. The molecule has 0 saturated heterocycles. The van der Waals surface area contributed by atoms with Gasteiger partial charge in [-0.15, -0.1) is 22.7 Å². The number of rotatable bonds is 13. The van der Waals surface area contributed by atoms with Gasteiger partial charge >= 0.3 is 0 Å². The van der Waals surface area contributed by atoms with Crippen LogP contribution in [-0.4, -0.2) is 34.6 Å². The fourth-order valence-electron chi connectivity index (χ4n) is 4.36. The Kier molecular flexibility index (Phi) is 9.54. The van der Waals surface area contributed by atoms with E-state index >= 15 is 0 Å². The van der Waals surface area contributed by atoms with Crippen molar-refractivity contribution in [1.82, 2.24) is 14.9 Å². The molecule has 0 radical (unpaired) electrons. The molecule has 0 atom stereocenters. The van der Waals surface area contributed by atoms with Crippen LogP contribution in [0.3, 0.4) is 0 Å². The summed E-state index contributed by atoms with van der Waals surface area (Å²) >= 11 is 3.30. The summed E-state index contributed by atoms with van der Waals surface area (Å²) in [5.74, 6) is 1.51. The molecule has 0 bridgehead atoms. The third-order valence-corrected chi connectivity index (χ3v) is 8.21. The monoisotopic (exact) mass is 573 g/mol. The molecule has 0 aliphatic rings. The molecule has 8 heteroatoms. The summed E-state index contributed by atoms with van der Waals surface area (Å²) in [6, 6.07) is 22.9. The van der Waals surface area contributed by atoms with Gasteiger partial charge in [0.2, 0.25) is 0 Å². The number of thiazole rings is 2. The summed E-state index contributed by atoms with van der Waals surface area (Å²) in [5, 5.41) is 6.23. The van der Waals surface area contributed by atoms with E-state index in [-0.39, 0.29) is 5.82 Å². The lowest BCUT2D eigenvalue weighted by Crippen LogP contribution is -2.25. The first-order chi connectivity index (χ1) is 19.6. The molecule has 0 aliphatic carbocycles. The Hall–Kier alpha value is -3.59. The van der Waals surface area contributed by atoms with Crippen molar-refractivity contribution in [2.45, 2.75) is 33.4 Å². The largest absolute Gasteiger partial charge is 0.494 e. The van der Waals surface area contributed by atoms with Crippen molar-refractivity contribution in [3.8, 4) is 32.6 Å². The highest BCUT2D eigenvalue weighted by molar-refractivity contribution is 7.13. The van der Waals surface area contributed by atoms with Gasteiger partial charge in [-0.05, 0) is 86.5 Å². The fraction of sp³-hybridized carbons (Fsp3) is 0.250. The first-order valence-corrected chi connectivity index (χ1v) is 15.2. The van der Waals surface area contributed by atoms with Crippen molar-refractivity contribution in [2.75, 3.05) is 19.8 Å². The quantitative estimate of drug-likeness (QED) is 0.142. The Labute approximate surface area is 242 Å². The normalized spacial score (nSPS) is 11.2. The zero-order valence-electron chi connectivity index (χ0n) is 22.7. The van der Waals surface area contributed by atoms with Crippen molar-refractivity contribution in [1.29, 1.82) is 0 Å². The maximum atomic E-state index is 13.4. The Morgan fingerprint density at radius 1 is 0.675 bits per heavy atom. The Morgan fingerprint density at radius 3 is 1.60 bits per heavy atom. The molecule has 40 heavy (non-hydrogen) atoms. The molecule has 5 aromatic rings. The van der Waals surface area contributed by atoms with Gasteiger partial charge in [0, 0.05) is 41.5 Å². The van der Waals surface area contributed by atoms with E-state index in [1.807, 2.05) is 50.2 Å². The summed E-state index contributed by atoms with van der Waals surface area (Å²) in [4.78, 5) is 12.2. The number of hydrogen-bond acceptors (Lipinski definition) is 7. The smallest absolute Gasteiger partial charge is 0.123 e. The van der Waals surface area contributed by atoms with Gasteiger partial charge in [-0.3, -0.25) is 4.90 Å². The second kappa shape index (κ2) is 13.7. The predicted molar refractivity (Wildman–Crippen MR) is 162 cm³/mol. The van der Waals surface area contributed by atoms with Gasteiger partial charge in [0.05, 0.1) is 24.6 Å². The molecular weight excluding hydrogens is 542 g/mol. The highest BCUT2D eigenvalue weighted by Gasteiger charge is 2.14. The second-order valence-electron chi connectivity index (χ2n) is 9.29. The topological polar surface area (TPSA) is 47.5 Å². The summed E-state index contributed by atoms with van der Waals surface area (Å²) < 4.78 is 24.6. The van der Waals surface area contributed by atoms with Gasteiger partial charge < -0.3 is 9.47 Å². The van der Waals surface area contributed by atoms with Crippen LogP contribution >= 0.6 is 22.7 Å². The van der Waals surface area contributed by atoms with Crippen LogP contribution in [-0.2, 0) is 19.5 Å². The molecule has 206 valence electrons. The van der Waals surface area contributed by atoms with Crippen molar-refractivity contribution >= 4 is 22.7 Å². The molecule has 0 spiro atoms.